The second-order valence-electron chi connectivity index (χ2n) is 6.97. The lowest BCUT2D eigenvalue weighted by Gasteiger charge is -2.32. The number of sulfonamides is 1. The summed E-state index contributed by atoms with van der Waals surface area (Å²) in [6.07, 6.45) is 6.01. The van der Waals surface area contributed by atoms with Gasteiger partial charge in [0, 0.05) is 32.0 Å². The second-order valence-corrected chi connectivity index (χ2v) is 8.77. The number of nitrogens with one attached hydrogen (secondary N) is 1. The van der Waals surface area contributed by atoms with Gasteiger partial charge in [0.15, 0.2) is 0 Å². The summed E-state index contributed by atoms with van der Waals surface area (Å²) in [4.78, 5) is 6.83. The van der Waals surface area contributed by atoms with Gasteiger partial charge in [0.1, 0.15) is 5.82 Å². The van der Waals surface area contributed by atoms with Crippen molar-refractivity contribution in [1.29, 1.82) is 0 Å². The molecule has 0 aliphatic carbocycles. The molecule has 1 aliphatic rings. The van der Waals surface area contributed by atoms with Crippen LogP contribution in [-0.4, -0.2) is 42.5 Å². The number of imidazole rings is 1. The zero-order valence-electron chi connectivity index (χ0n) is 15.3. The first-order valence-electron chi connectivity index (χ1n) is 9.29. The molecule has 0 saturated carbocycles. The fourth-order valence-electron chi connectivity index (χ4n) is 3.53. The molecule has 1 aromatic heterocycles. The molecule has 0 amide bonds. The van der Waals surface area contributed by atoms with Gasteiger partial charge in [-0.1, -0.05) is 30.3 Å². The Morgan fingerprint density at radius 3 is 2.85 bits per heavy atom. The minimum absolute atomic E-state index is 0.0399. The third-order valence-corrected chi connectivity index (χ3v) is 6.22. The Balaban J connectivity index is 1.50. The average Bonchev–Trinajstić information content (AvgIpc) is 3.08. The molecule has 0 unspecified atom stereocenters. The average molecular weight is 377 g/mol. The van der Waals surface area contributed by atoms with E-state index in [1.54, 1.807) is 0 Å². The van der Waals surface area contributed by atoms with Crippen molar-refractivity contribution in [3.63, 3.8) is 0 Å². The van der Waals surface area contributed by atoms with Crippen LogP contribution in [0, 0.1) is 5.92 Å². The number of rotatable bonds is 8. The Morgan fingerprint density at radius 2 is 2.08 bits per heavy atom. The zero-order chi connectivity index (χ0) is 18.4. The lowest BCUT2D eigenvalue weighted by atomic mass is 9.98. The van der Waals surface area contributed by atoms with Crippen molar-refractivity contribution in [3.8, 4) is 0 Å². The monoisotopic (exact) mass is 376 g/mol. The van der Waals surface area contributed by atoms with E-state index >= 15 is 0 Å². The van der Waals surface area contributed by atoms with Crippen LogP contribution >= 0.6 is 0 Å². The molecule has 0 spiro atoms. The third-order valence-electron chi connectivity index (χ3n) is 4.90. The molecular formula is C19H28N4O2S. The van der Waals surface area contributed by atoms with Crippen molar-refractivity contribution >= 4 is 10.0 Å². The van der Waals surface area contributed by atoms with Crippen LogP contribution in [0.5, 0.6) is 0 Å². The summed E-state index contributed by atoms with van der Waals surface area (Å²) in [6.45, 7) is 6.33. The van der Waals surface area contributed by atoms with E-state index in [2.05, 4.69) is 26.1 Å². The molecule has 1 saturated heterocycles. The van der Waals surface area contributed by atoms with E-state index in [1.165, 1.54) is 0 Å². The first-order valence-corrected chi connectivity index (χ1v) is 10.9. The van der Waals surface area contributed by atoms with E-state index in [9.17, 15) is 8.42 Å². The molecule has 6 nitrogen and oxygen atoms in total. The number of hydrogen-bond acceptors (Lipinski definition) is 4. The number of nitrogens with zero attached hydrogens (tertiary/aromatic N) is 3. The molecule has 2 heterocycles. The van der Waals surface area contributed by atoms with E-state index in [0.29, 0.717) is 12.5 Å². The van der Waals surface area contributed by atoms with Crippen LogP contribution in [0.4, 0.5) is 0 Å². The topological polar surface area (TPSA) is 67.2 Å². The van der Waals surface area contributed by atoms with Crippen molar-refractivity contribution in [1.82, 2.24) is 19.2 Å². The van der Waals surface area contributed by atoms with Crippen LogP contribution in [0.25, 0.3) is 0 Å². The van der Waals surface area contributed by atoms with E-state index in [4.69, 9.17) is 0 Å². The van der Waals surface area contributed by atoms with Gasteiger partial charge in [0.25, 0.3) is 0 Å². The first-order chi connectivity index (χ1) is 12.6. The van der Waals surface area contributed by atoms with Crippen molar-refractivity contribution in [2.75, 3.05) is 19.6 Å². The molecule has 3 rings (SSSR count). The number of likely N-dealkylation sites (tertiary alicyclic amines) is 1. The summed E-state index contributed by atoms with van der Waals surface area (Å²) in [5.74, 6) is 1.47. The van der Waals surface area contributed by atoms with Gasteiger partial charge >= 0.3 is 0 Å². The minimum Gasteiger partial charge on any atom is -0.334 e. The van der Waals surface area contributed by atoms with Crippen LogP contribution in [0.3, 0.4) is 0 Å². The SMILES string of the molecule is CCn1ccnc1CN1CCC[C@H](CNS(=O)(=O)Cc2ccccc2)C1. The van der Waals surface area contributed by atoms with Gasteiger partial charge in [0.2, 0.25) is 10.0 Å². The molecule has 1 aromatic carbocycles. The fourth-order valence-corrected chi connectivity index (χ4v) is 4.75. The number of aromatic nitrogens is 2. The Morgan fingerprint density at radius 1 is 1.27 bits per heavy atom. The highest BCUT2D eigenvalue weighted by atomic mass is 32.2. The normalized spacial score (nSPS) is 18.9. The van der Waals surface area contributed by atoms with Crippen molar-refractivity contribution in [2.45, 2.75) is 38.6 Å². The highest BCUT2D eigenvalue weighted by molar-refractivity contribution is 7.88. The van der Waals surface area contributed by atoms with Crippen molar-refractivity contribution in [3.05, 3.63) is 54.1 Å². The third kappa shape index (κ3) is 5.40. The van der Waals surface area contributed by atoms with Gasteiger partial charge in [0.05, 0.1) is 12.3 Å². The molecule has 1 N–H and O–H groups in total. The highest BCUT2D eigenvalue weighted by Crippen LogP contribution is 2.18. The molecule has 142 valence electrons. The molecule has 0 bridgehead atoms. The maximum atomic E-state index is 12.3. The number of aryl methyl sites for hydroxylation is 1. The van der Waals surface area contributed by atoms with Gasteiger partial charge < -0.3 is 4.57 Å². The quantitative estimate of drug-likeness (QED) is 0.767. The number of hydrogen-bond donors (Lipinski definition) is 1. The summed E-state index contributed by atoms with van der Waals surface area (Å²) in [7, 11) is -3.30. The highest BCUT2D eigenvalue weighted by Gasteiger charge is 2.23. The fraction of sp³-hybridized carbons (Fsp3) is 0.526. The Bertz CT molecular complexity index is 789. The lowest BCUT2D eigenvalue weighted by Crippen LogP contribution is -2.41. The Hall–Kier alpha value is -1.70. The van der Waals surface area contributed by atoms with Crippen LogP contribution in [0.15, 0.2) is 42.7 Å². The van der Waals surface area contributed by atoms with Crippen LogP contribution in [0.2, 0.25) is 0 Å². The zero-order valence-corrected chi connectivity index (χ0v) is 16.2. The van der Waals surface area contributed by atoms with Crippen LogP contribution in [0.1, 0.15) is 31.2 Å². The Kier molecular flexibility index (Phi) is 6.45. The summed E-state index contributed by atoms with van der Waals surface area (Å²) in [6, 6.07) is 9.31. The molecule has 7 heteroatoms. The number of benzene rings is 1. The smallest absolute Gasteiger partial charge is 0.215 e. The maximum absolute atomic E-state index is 12.3. The molecule has 1 fully saturated rings. The van der Waals surface area contributed by atoms with E-state index in [1.807, 2.05) is 42.7 Å². The largest absolute Gasteiger partial charge is 0.334 e. The van der Waals surface area contributed by atoms with Gasteiger partial charge in [-0.3, -0.25) is 4.90 Å². The van der Waals surface area contributed by atoms with E-state index in [-0.39, 0.29) is 5.75 Å². The van der Waals surface area contributed by atoms with E-state index < -0.39 is 10.0 Å². The van der Waals surface area contributed by atoms with Crippen molar-refractivity contribution in [2.24, 2.45) is 5.92 Å². The van der Waals surface area contributed by atoms with Crippen LogP contribution < -0.4 is 4.72 Å². The summed E-state index contributed by atoms with van der Waals surface area (Å²) < 4.78 is 29.6. The van der Waals surface area contributed by atoms with Gasteiger partial charge in [-0.15, -0.1) is 0 Å². The summed E-state index contributed by atoms with van der Waals surface area (Å²) in [5.41, 5.74) is 0.816. The molecule has 1 atom stereocenters. The van der Waals surface area contributed by atoms with Gasteiger partial charge in [-0.05, 0) is 37.8 Å². The van der Waals surface area contributed by atoms with Crippen LogP contribution in [-0.2, 0) is 28.9 Å². The van der Waals surface area contributed by atoms with E-state index in [0.717, 1.165) is 50.4 Å². The minimum atomic E-state index is -3.30. The predicted molar refractivity (Wildman–Crippen MR) is 103 cm³/mol. The molecule has 1 aliphatic heterocycles. The molecule has 0 radical (unpaired) electrons. The number of piperidine rings is 1. The summed E-state index contributed by atoms with van der Waals surface area (Å²) in [5, 5.41) is 0. The van der Waals surface area contributed by atoms with Gasteiger partial charge in [-0.2, -0.15) is 0 Å². The predicted octanol–water partition coefficient (Wildman–Crippen LogP) is 2.23. The standard InChI is InChI=1S/C19H28N4O2S/c1-2-23-12-10-20-19(23)15-22-11-6-9-18(14-22)13-21-26(24,25)16-17-7-4-3-5-8-17/h3-5,7-8,10,12,18,21H,2,6,9,11,13-16H2,1H3/t18-/m1/s1. The maximum Gasteiger partial charge on any atom is 0.215 e. The summed E-state index contributed by atoms with van der Waals surface area (Å²) >= 11 is 0. The second kappa shape index (κ2) is 8.79. The first kappa shape index (κ1) is 19.1. The molecule has 2 aromatic rings. The Labute approximate surface area is 156 Å². The van der Waals surface area contributed by atoms with Crippen molar-refractivity contribution < 1.29 is 8.42 Å². The molecular weight excluding hydrogens is 348 g/mol. The lowest BCUT2D eigenvalue weighted by molar-refractivity contribution is 0.163. The molecule has 26 heavy (non-hydrogen) atoms. The van der Waals surface area contributed by atoms with Gasteiger partial charge in [-0.25, -0.2) is 18.1 Å².